The first-order chi connectivity index (χ1) is 17.5. The lowest BCUT2D eigenvalue weighted by atomic mass is 9.91. The van der Waals surface area contributed by atoms with Gasteiger partial charge < -0.3 is 31.8 Å². The number of primary amides is 1. The third kappa shape index (κ3) is 4.96. The number of aryl methyl sites for hydroxylation is 2. The van der Waals surface area contributed by atoms with Gasteiger partial charge in [-0.05, 0) is 49.1 Å². The summed E-state index contributed by atoms with van der Waals surface area (Å²) in [7, 11) is 0. The van der Waals surface area contributed by atoms with Gasteiger partial charge in [-0.3, -0.25) is 4.79 Å². The molecule has 0 aliphatic heterocycles. The largest absolute Gasteiger partial charge is 0.508 e. The molecule has 2 aromatic heterocycles. The number of aromatic hydroxyl groups is 1. The molecule has 0 radical (unpaired) electrons. The lowest BCUT2D eigenvalue weighted by Gasteiger charge is -2.29. The number of hydrogen-bond acceptors (Lipinski definition) is 7. The van der Waals surface area contributed by atoms with Crippen molar-refractivity contribution in [2.24, 2.45) is 11.5 Å². The Balaban J connectivity index is 1.40. The van der Waals surface area contributed by atoms with Gasteiger partial charge in [-0.1, -0.05) is 37.1 Å². The van der Waals surface area contributed by atoms with E-state index in [9.17, 15) is 9.90 Å². The van der Waals surface area contributed by atoms with Crippen molar-refractivity contribution < 1.29 is 9.90 Å². The number of benzene rings is 2. The fraction of sp³-hybridized carbons (Fsp3) is 0.296. The number of phenolic OH excluding ortho intramolecular Hbond substituents is 1. The zero-order valence-corrected chi connectivity index (χ0v) is 20.0. The number of nitrogens with two attached hydrogens (primary N) is 2. The molecular formula is C27H31N7O2. The lowest BCUT2D eigenvalue weighted by molar-refractivity contribution is 0.100. The number of amides is 1. The van der Waals surface area contributed by atoms with Crippen molar-refractivity contribution in [1.82, 2.24) is 14.5 Å². The number of aromatic nitrogens is 3. The van der Waals surface area contributed by atoms with Crippen molar-refractivity contribution in [3.8, 4) is 5.75 Å². The van der Waals surface area contributed by atoms with Crippen LogP contribution >= 0.6 is 0 Å². The highest BCUT2D eigenvalue weighted by atomic mass is 16.3. The molecule has 1 saturated carbocycles. The maximum absolute atomic E-state index is 12.1. The van der Waals surface area contributed by atoms with Crippen molar-refractivity contribution >= 4 is 34.3 Å². The molecule has 2 heterocycles. The Morgan fingerprint density at radius 2 is 1.94 bits per heavy atom. The number of nitrogens with zero attached hydrogens (tertiary/aromatic N) is 3. The van der Waals surface area contributed by atoms with Gasteiger partial charge in [0.1, 0.15) is 17.1 Å². The smallest absolute Gasteiger partial charge is 0.254 e. The molecule has 0 unspecified atom stereocenters. The van der Waals surface area contributed by atoms with Gasteiger partial charge in [-0.15, -0.1) is 0 Å². The van der Waals surface area contributed by atoms with Gasteiger partial charge in [0.25, 0.3) is 5.91 Å². The summed E-state index contributed by atoms with van der Waals surface area (Å²) >= 11 is 0. The Bertz CT molecular complexity index is 1380. The van der Waals surface area contributed by atoms with Crippen LogP contribution in [-0.2, 0) is 13.0 Å². The van der Waals surface area contributed by atoms with Crippen LogP contribution in [0, 0.1) is 0 Å². The SMILES string of the molecule is NC(=O)c1cnc(N[C@@H]2CCCC[C@@H]2N)nc1Nc1cccc2c1ccn2CCc1ccccc1O. The Hall–Kier alpha value is -4.11. The minimum absolute atomic E-state index is 0.0425. The highest BCUT2D eigenvalue weighted by molar-refractivity contribution is 6.00. The molecule has 36 heavy (non-hydrogen) atoms. The van der Waals surface area contributed by atoms with Crippen LogP contribution in [0.5, 0.6) is 5.75 Å². The molecule has 0 spiro atoms. The fourth-order valence-electron chi connectivity index (χ4n) is 4.85. The number of carbonyl (C=O) groups excluding carboxylic acids is 1. The van der Waals surface area contributed by atoms with Gasteiger partial charge in [-0.25, -0.2) is 4.98 Å². The summed E-state index contributed by atoms with van der Waals surface area (Å²) in [4.78, 5) is 21.0. The molecule has 7 N–H and O–H groups in total. The maximum atomic E-state index is 12.1. The van der Waals surface area contributed by atoms with E-state index >= 15 is 0 Å². The van der Waals surface area contributed by atoms with Gasteiger partial charge in [0, 0.05) is 42.1 Å². The topological polar surface area (TPSA) is 144 Å². The Kier molecular flexibility index (Phi) is 6.73. The molecule has 1 amide bonds. The fourth-order valence-corrected chi connectivity index (χ4v) is 4.85. The van der Waals surface area contributed by atoms with Gasteiger partial charge in [0.2, 0.25) is 5.95 Å². The van der Waals surface area contributed by atoms with E-state index in [1.807, 2.05) is 48.7 Å². The third-order valence-electron chi connectivity index (χ3n) is 6.87. The number of rotatable bonds is 8. The highest BCUT2D eigenvalue weighted by Crippen LogP contribution is 2.29. The molecule has 9 heteroatoms. The molecule has 0 bridgehead atoms. The summed E-state index contributed by atoms with van der Waals surface area (Å²) < 4.78 is 2.14. The van der Waals surface area contributed by atoms with Gasteiger partial charge in [0.15, 0.2) is 0 Å². The number of carbonyl (C=O) groups is 1. The number of fused-ring (bicyclic) bond motifs is 1. The minimum Gasteiger partial charge on any atom is -0.508 e. The van der Waals surface area contributed by atoms with E-state index in [-0.39, 0.29) is 17.6 Å². The van der Waals surface area contributed by atoms with Crippen molar-refractivity contribution in [3.05, 3.63) is 72.1 Å². The Labute approximate surface area is 209 Å². The predicted molar refractivity (Wildman–Crippen MR) is 141 cm³/mol. The molecule has 2 atom stereocenters. The molecule has 1 aliphatic rings. The second-order valence-corrected chi connectivity index (χ2v) is 9.27. The summed E-state index contributed by atoms with van der Waals surface area (Å²) in [5, 5.41) is 17.7. The Morgan fingerprint density at radius 1 is 1.11 bits per heavy atom. The van der Waals surface area contributed by atoms with Crippen LogP contribution < -0.4 is 22.1 Å². The van der Waals surface area contributed by atoms with E-state index in [1.165, 1.54) is 6.20 Å². The normalized spacial score (nSPS) is 17.7. The standard InChI is InChI=1S/C27H31N7O2/c28-20-7-2-3-8-22(20)32-27-30-16-19(25(29)36)26(33-27)31-21-9-5-10-23-18(21)13-15-34(23)14-12-17-6-1-4-11-24(17)35/h1,4-6,9-11,13,15-16,20,22,35H,2-3,7-8,12,14,28H2,(H2,29,36)(H2,30,31,32,33)/t20-,22+/m0/s1. The first kappa shape index (κ1) is 23.6. The number of anilines is 3. The number of hydrogen-bond donors (Lipinski definition) is 5. The predicted octanol–water partition coefficient (Wildman–Crippen LogP) is 3.90. The zero-order chi connectivity index (χ0) is 25.1. The van der Waals surface area contributed by atoms with Crippen LogP contribution in [0.15, 0.2) is 60.9 Å². The maximum Gasteiger partial charge on any atom is 0.254 e. The van der Waals surface area contributed by atoms with Crippen molar-refractivity contribution in [3.63, 3.8) is 0 Å². The van der Waals surface area contributed by atoms with Crippen LogP contribution in [0.1, 0.15) is 41.6 Å². The molecular weight excluding hydrogens is 454 g/mol. The van der Waals surface area contributed by atoms with Gasteiger partial charge >= 0.3 is 0 Å². The first-order valence-electron chi connectivity index (χ1n) is 12.3. The second kappa shape index (κ2) is 10.2. The van der Waals surface area contributed by atoms with E-state index in [2.05, 4.69) is 25.2 Å². The zero-order valence-electron chi connectivity index (χ0n) is 20.0. The molecule has 1 aliphatic carbocycles. The van der Waals surface area contributed by atoms with Crippen LogP contribution in [0.3, 0.4) is 0 Å². The number of nitrogens with one attached hydrogen (secondary N) is 2. The van der Waals surface area contributed by atoms with E-state index in [0.717, 1.165) is 47.8 Å². The first-order valence-corrected chi connectivity index (χ1v) is 12.3. The van der Waals surface area contributed by atoms with Crippen LogP contribution in [0.25, 0.3) is 10.9 Å². The van der Waals surface area contributed by atoms with E-state index in [1.54, 1.807) is 6.07 Å². The third-order valence-corrected chi connectivity index (χ3v) is 6.87. The average molecular weight is 486 g/mol. The second-order valence-electron chi connectivity index (χ2n) is 9.27. The molecule has 4 aromatic rings. The van der Waals surface area contributed by atoms with Gasteiger partial charge in [-0.2, -0.15) is 4.98 Å². The number of phenols is 1. The van der Waals surface area contributed by atoms with E-state index < -0.39 is 5.91 Å². The van der Waals surface area contributed by atoms with Crippen molar-refractivity contribution in [2.75, 3.05) is 10.6 Å². The van der Waals surface area contributed by atoms with Crippen LogP contribution in [-0.4, -0.2) is 37.6 Å². The van der Waals surface area contributed by atoms with Crippen molar-refractivity contribution in [2.45, 2.75) is 50.7 Å². The molecule has 186 valence electrons. The summed E-state index contributed by atoms with van der Waals surface area (Å²) in [6, 6.07) is 15.5. The summed E-state index contributed by atoms with van der Waals surface area (Å²) in [5.41, 5.74) is 14.8. The Morgan fingerprint density at radius 3 is 2.75 bits per heavy atom. The molecule has 2 aromatic carbocycles. The molecule has 1 fully saturated rings. The molecule has 9 nitrogen and oxygen atoms in total. The number of para-hydroxylation sites is 1. The lowest BCUT2D eigenvalue weighted by Crippen LogP contribution is -2.43. The molecule has 5 rings (SSSR count). The summed E-state index contributed by atoms with van der Waals surface area (Å²) in [6.45, 7) is 0.709. The highest BCUT2D eigenvalue weighted by Gasteiger charge is 2.23. The monoisotopic (exact) mass is 485 g/mol. The summed E-state index contributed by atoms with van der Waals surface area (Å²) in [6.07, 6.45) is 8.32. The molecule has 0 saturated heterocycles. The van der Waals surface area contributed by atoms with Gasteiger partial charge in [0.05, 0.1) is 5.52 Å². The minimum atomic E-state index is -0.606. The van der Waals surface area contributed by atoms with Crippen LogP contribution in [0.4, 0.5) is 17.5 Å². The van der Waals surface area contributed by atoms with E-state index in [4.69, 9.17) is 11.5 Å². The van der Waals surface area contributed by atoms with Crippen molar-refractivity contribution in [1.29, 1.82) is 0 Å². The van der Waals surface area contributed by atoms with E-state index in [0.29, 0.717) is 30.5 Å². The average Bonchev–Trinajstić information content (AvgIpc) is 3.29. The van der Waals surface area contributed by atoms with Crippen LogP contribution in [0.2, 0.25) is 0 Å². The summed E-state index contributed by atoms with van der Waals surface area (Å²) in [5.74, 6) is 0.458. The quantitative estimate of drug-likeness (QED) is 0.254.